The first-order valence-electron chi connectivity index (χ1n) is 5.89. The maximum absolute atomic E-state index is 12.2. The highest BCUT2D eigenvalue weighted by atomic mass is 16.4. The molecule has 90 valence electrons. The molecule has 5 heteroatoms. The summed E-state index contributed by atoms with van der Waals surface area (Å²) in [4.78, 5) is 12.2. The molecule has 0 saturated heterocycles. The van der Waals surface area contributed by atoms with Crippen molar-refractivity contribution in [2.24, 2.45) is 22.2 Å². The lowest BCUT2D eigenvalue weighted by molar-refractivity contribution is -0.127. The summed E-state index contributed by atoms with van der Waals surface area (Å²) in [6, 6.07) is 0.288. The van der Waals surface area contributed by atoms with E-state index in [1.165, 1.54) is 0 Å². The minimum Gasteiger partial charge on any atom is -0.409 e. The van der Waals surface area contributed by atoms with E-state index in [2.05, 4.69) is 17.4 Å². The van der Waals surface area contributed by atoms with Crippen LogP contribution in [0.3, 0.4) is 0 Å². The van der Waals surface area contributed by atoms with Crippen LogP contribution in [0, 0.1) is 11.3 Å². The number of carbonyl (C=O) groups excluding carboxylic acids is 1. The first-order chi connectivity index (χ1) is 7.60. The number of nitrogens with one attached hydrogen (secondary N) is 1. The molecule has 2 aliphatic carbocycles. The summed E-state index contributed by atoms with van der Waals surface area (Å²) in [7, 11) is 0. The van der Waals surface area contributed by atoms with Crippen LogP contribution in [0.5, 0.6) is 0 Å². The maximum atomic E-state index is 12.2. The van der Waals surface area contributed by atoms with Crippen molar-refractivity contribution < 1.29 is 10.0 Å². The van der Waals surface area contributed by atoms with Gasteiger partial charge in [0.25, 0.3) is 0 Å². The van der Waals surface area contributed by atoms with Crippen molar-refractivity contribution in [2.75, 3.05) is 0 Å². The summed E-state index contributed by atoms with van der Waals surface area (Å²) >= 11 is 0. The van der Waals surface area contributed by atoms with Crippen molar-refractivity contribution in [3.05, 3.63) is 0 Å². The number of rotatable bonds is 3. The third kappa shape index (κ3) is 1.74. The van der Waals surface area contributed by atoms with E-state index in [1.807, 2.05) is 0 Å². The number of nitrogens with two attached hydrogens (primary N) is 1. The fraction of sp³-hybridized carbons (Fsp3) is 0.818. The number of amides is 1. The highest BCUT2D eigenvalue weighted by Crippen LogP contribution is 2.40. The van der Waals surface area contributed by atoms with E-state index < -0.39 is 5.41 Å². The van der Waals surface area contributed by atoms with E-state index >= 15 is 0 Å². The van der Waals surface area contributed by atoms with E-state index in [4.69, 9.17) is 10.9 Å². The first kappa shape index (κ1) is 11.2. The molecule has 2 atom stereocenters. The summed E-state index contributed by atoms with van der Waals surface area (Å²) in [6.45, 7) is 2.11. The number of hydrogen-bond acceptors (Lipinski definition) is 3. The second-order valence-electron chi connectivity index (χ2n) is 5.07. The molecule has 5 nitrogen and oxygen atoms in total. The fourth-order valence-corrected chi connectivity index (χ4v) is 2.50. The van der Waals surface area contributed by atoms with E-state index in [1.54, 1.807) is 0 Å². The molecule has 1 amide bonds. The van der Waals surface area contributed by atoms with Crippen LogP contribution in [0.4, 0.5) is 0 Å². The van der Waals surface area contributed by atoms with Crippen molar-refractivity contribution in [1.29, 1.82) is 0 Å². The average molecular weight is 225 g/mol. The van der Waals surface area contributed by atoms with Gasteiger partial charge in [-0.15, -0.1) is 0 Å². The van der Waals surface area contributed by atoms with Crippen LogP contribution in [0.2, 0.25) is 0 Å². The van der Waals surface area contributed by atoms with Crippen molar-refractivity contribution in [3.8, 4) is 0 Å². The van der Waals surface area contributed by atoms with Crippen LogP contribution in [0.15, 0.2) is 5.16 Å². The predicted molar refractivity (Wildman–Crippen MR) is 60.0 cm³/mol. The second-order valence-corrected chi connectivity index (χ2v) is 5.07. The molecule has 16 heavy (non-hydrogen) atoms. The van der Waals surface area contributed by atoms with Gasteiger partial charge in [0.1, 0.15) is 5.41 Å². The molecule has 0 aliphatic heterocycles. The molecule has 0 aromatic rings. The Balaban J connectivity index is 2.09. The standard InChI is InChI=1S/C11H19N3O2/c1-7-6-8(7)13-10(15)11(9(12)14-16)4-2-3-5-11/h7-8,16H,2-6H2,1H3,(H2,12,14)(H,13,15). The maximum Gasteiger partial charge on any atom is 0.234 e. The van der Waals surface area contributed by atoms with Gasteiger partial charge in [0.2, 0.25) is 5.91 Å². The van der Waals surface area contributed by atoms with Crippen LogP contribution in [-0.2, 0) is 4.79 Å². The Morgan fingerprint density at radius 1 is 1.50 bits per heavy atom. The highest BCUT2D eigenvalue weighted by Gasteiger charge is 2.47. The molecule has 4 N–H and O–H groups in total. The molecule has 2 unspecified atom stereocenters. The third-order valence-corrected chi connectivity index (χ3v) is 3.92. The lowest BCUT2D eigenvalue weighted by Gasteiger charge is -2.26. The molecular weight excluding hydrogens is 206 g/mol. The first-order valence-corrected chi connectivity index (χ1v) is 5.89. The molecule has 2 saturated carbocycles. The van der Waals surface area contributed by atoms with Crippen molar-refractivity contribution in [3.63, 3.8) is 0 Å². The quantitative estimate of drug-likeness (QED) is 0.287. The zero-order chi connectivity index (χ0) is 11.8. The van der Waals surface area contributed by atoms with E-state index in [9.17, 15) is 4.79 Å². The zero-order valence-corrected chi connectivity index (χ0v) is 9.57. The smallest absolute Gasteiger partial charge is 0.234 e. The number of oxime groups is 1. The van der Waals surface area contributed by atoms with Crippen LogP contribution in [-0.4, -0.2) is 23.0 Å². The van der Waals surface area contributed by atoms with Gasteiger partial charge >= 0.3 is 0 Å². The lowest BCUT2D eigenvalue weighted by Crippen LogP contribution is -2.49. The molecule has 0 aromatic heterocycles. The van der Waals surface area contributed by atoms with Gasteiger partial charge in [-0.25, -0.2) is 0 Å². The van der Waals surface area contributed by atoms with Gasteiger partial charge in [-0.2, -0.15) is 0 Å². The van der Waals surface area contributed by atoms with Gasteiger partial charge in [0, 0.05) is 6.04 Å². The van der Waals surface area contributed by atoms with Crippen LogP contribution in [0.25, 0.3) is 0 Å². The van der Waals surface area contributed by atoms with Crippen LogP contribution in [0.1, 0.15) is 39.0 Å². The van der Waals surface area contributed by atoms with E-state index in [0.29, 0.717) is 18.8 Å². The Bertz CT molecular complexity index is 321. The Hall–Kier alpha value is -1.26. The topological polar surface area (TPSA) is 87.7 Å². The van der Waals surface area contributed by atoms with Gasteiger partial charge in [-0.05, 0) is 25.2 Å². The molecule has 0 spiro atoms. The van der Waals surface area contributed by atoms with Crippen LogP contribution >= 0.6 is 0 Å². The molecule has 0 bridgehead atoms. The molecule has 0 heterocycles. The fourth-order valence-electron chi connectivity index (χ4n) is 2.50. The SMILES string of the molecule is CC1CC1NC(=O)C1(C(N)=NO)CCCC1. The number of amidine groups is 1. The Kier molecular flexibility index (Phi) is 2.78. The largest absolute Gasteiger partial charge is 0.409 e. The molecule has 2 aliphatic rings. The third-order valence-electron chi connectivity index (χ3n) is 3.92. The molecule has 2 rings (SSSR count). The lowest BCUT2D eigenvalue weighted by atomic mass is 9.83. The number of carbonyl (C=O) groups is 1. The summed E-state index contributed by atoms with van der Waals surface area (Å²) in [6.07, 6.45) is 4.34. The molecule has 2 fully saturated rings. The summed E-state index contributed by atoms with van der Waals surface area (Å²) in [5, 5.41) is 14.8. The van der Waals surface area contributed by atoms with Crippen molar-refractivity contribution >= 4 is 11.7 Å². The minimum absolute atomic E-state index is 0.0605. The normalized spacial score (nSPS) is 32.4. The van der Waals surface area contributed by atoms with Crippen molar-refractivity contribution in [1.82, 2.24) is 5.32 Å². The van der Waals surface area contributed by atoms with Crippen molar-refractivity contribution in [2.45, 2.75) is 45.1 Å². The minimum atomic E-state index is -0.753. The zero-order valence-electron chi connectivity index (χ0n) is 9.57. The summed E-state index contributed by atoms with van der Waals surface area (Å²) in [5.74, 6) is 0.570. The highest BCUT2D eigenvalue weighted by molar-refractivity contribution is 6.07. The molecular formula is C11H19N3O2. The Labute approximate surface area is 95.1 Å². The Morgan fingerprint density at radius 2 is 2.06 bits per heavy atom. The average Bonchev–Trinajstić information content (AvgIpc) is 2.81. The molecule has 0 aromatic carbocycles. The van der Waals surface area contributed by atoms with E-state index in [-0.39, 0.29) is 17.8 Å². The number of nitrogens with zero attached hydrogens (tertiary/aromatic N) is 1. The van der Waals surface area contributed by atoms with Gasteiger partial charge < -0.3 is 16.3 Å². The van der Waals surface area contributed by atoms with E-state index in [0.717, 1.165) is 19.3 Å². The van der Waals surface area contributed by atoms with Gasteiger partial charge in [-0.1, -0.05) is 24.9 Å². The van der Waals surface area contributed by atoms with Crippen LogP contribution < -0.4 is 11.1 Å². The molecule has 0 radical (unpaired) electrons. The summed E-state index contributed by atoms with van der Waals surface area (Å²) in [5.41, 5.74) is 4.93. The van der Waals surface area contributed by atoms with Gasteiger partial charge in [-0.3, -0.25) is 4.79 Å². The van der Waals surface area contributed by atoms with Gasteiger partial charge in [0.05, 0.1) is 0 Å². The van der Waals surface area contributed by atoms with Gasteiger partial charge in [0.15, 0.2) is 5.84 Å². The number of hydrogen-bond donors (Lipinski definition) is 3. The summed E-state index contributed by atoms with van der Waals surface area (Å²) < 4.78 is 0. The second kappa shape index (κ2) is 3.96. The Morgan fingerprint density at radius 3 is 2.50 bits per heavy atom. The monoisotopic (exact) mass is 225 g/mol. The predicted octanol–water partition coefficient (Wildman–Crippen LogP) is 0.818.